The van der Waals surface area contributed by atoms with Gasteiger partial charge in [-0.3, -0.25) is 14.5 Å². The lowest BCUT2D eigenvalue weighted by Gasteiger charge is -2.32. The Bertz CT molecular complexity index is 912. The molecule has 0 aliphatic carbocycles. The van der Waals surface area contributed by atoms with Crippen molar-refractivity contribution in [2.45, 2.75) is 19.1 Å². The Morgan fingerprint density at radius 2 is 1.89 bits per heavy atom. The summed E-state index contributed by atoms with van der Waals surface area (Å²) in [6, 6.07) is 5.43. The van der Waals surface area contributed by atoms with Crippen LogP contribution in [0.3, 0.4) is 0 Å². The summed E-state index contributed by atoms with van der Waals surface area (Å²) in [4.78, 5) is 18.3. The molecule has 0 unspecified atom stereocenters. The third-order valence-electron chi connectivity index (χ3n) is 4.84. The largest absolute Gasteiger partial charge is 0.488 e. The number of fused-ring (bicyclic) bond motifs is 1. The third-order valence-corrected chi connectivity index (χ3v) is 6.15. The number of ether oxygens (including phenoxy) is 1. The van der Waals surface area contributed by atoms with Crippen LogP contribution in [0, 0.1) is 0 Å². The molecule has 0 N–H and O–H groups in total. The summed E-state index contributed by atoms with van der Waals surface area (Å²) in [5.41, 5.74) is 1.37. The van der Waals surface area contributed by atoms with Crippen molar-refractivity contribution >= 4 is 15.9 Å². The van der Waals surface area contributed by atoms with Crippen molar-refractivity contribution in [1.82, 2.24) is 24.0 Å². The fourth-order valence-corrected chi connectivity index (χ4v) is 4.27. The molecule has 9 nitrogen and oxygen atoms in total. The SMILES string of the molecule is CS(=O)(=O)N1CCN(C(=O)c2cc3n(n2)C[C@@H](Oc2ccncc2)C3)CC1. The zero-order chi connectivity index (χ0) is 19.0. The first-order valence-corrected chi connectivity index (χ1v) is 10.6. The monoisotopic (exact) mass is 391 g/mol. The standard InChI is InChI=1S/C17H21N5O4S/c1-27(24,25)21-8-6-20(7-9-21)17(23)16-11-13-10-15(12-22(13)19-16)26-14-2-4-18-5-3-14/h2-5,11,15H,6-10,12H2,1H3/t15-/m0/s1. The maximum atomic E-state index is 12.7. The summed E-state index contributed by atoms with van der Waals surface area (Å²) < 4.78 is 32.3. The Morgan fingerprint density at radius 1 is 1.19 bits per heavy atom. The van der Waals surface area contributed by atoms with Crippen molar-refractivity contribution in [3.8, 4) is 5.75 Å². The van der Waals surface area contributed by atoms with Gasteiger partial charge in [0.2, 0.25) is 10.0 Å². The van der Waals surface area contributed by atoms with Gasteiger partial charge in [-0.05, 0) is 18.2 Å². The fraction of sp³-hybridized carbons (Fsp3) is 0.471. The molecule has 2 aliphatic rings. The number of carbonyl (C=O) groups is 1. The second-order valence-corrected chi connectivity index (χ2v) is 8.77. The molecule has 4 rings (SSSR count). The summed E-state index contributed by atoms with van der Waals surface area (Å²) in [5, 5.41) is 4.43. The van der Waals surface area contributed by atoms with Gasteiger partial charge in [0.15, 0.2) is 5.69 Å². The van der Waals surface area contributed by atoms with Crippen molar-refractivity contribution in [3.05, 3.63) is 42.0 Å². The van der Waals surface area contributed by atoms with E-state index >= 15 is 0 Å². The topological polar surface area (TPSA) is 97.6 Å². The smallest absolute Gasteiger partial charge is 0.274 e. The predicted molar refractivity (Wildman–Crippen MR) is 96.9 cm³/mol. The molecule has 0 saturated carbocycles. The summed E-state index contributed by atoms with van der Waals surface area (Å²) in [6.07, 6.45) is 5.23. The maximum absolute atomic E-state index is 12.7. The highest BCUT2D eigenvalue weighted by Crippen LogP contribution is 2.22. The molecular formula is C17H21N5O4S. The van der Waals surface area contributed by atoms with Crippen LogP contribution in [0.25, 0.3) is 0 Å². The number of hydrogen-bond acceptors (Lipinski definition) is 6. The van der Waals surface area contributed by atoms with Gasteiger partial charge in [0.25, 0.3) is 5.91 Å². The summed E-state index contributed by atoms with van der Waals surface area (Å²) in [6.45, 7) is 1.98. The fourth-order valence-electron chi connectivity index (χ4n) is 3.45. The molecule has 1 amide bonds. The Labute approximate surface area is 157 Å². The van der Waals surface area contributed by atoms with E-state index in [4.69, 9.17) is 4.74 Å². The van der Waals surface area contributed by atoms with E-state index in [1.807, 2.05) is 16.8 Å². The van der Waals surface area contributed by atoms with E-state index in [-0.39, 0.29) is 12.0 Å². The van der Waals surface area contributed by atoms with Gasteiger partial charge in [-0.1, -0.05) is 0 Å². The molecule has 1 fully saturated rings. The van der Waals surface area contributed by atoms with Gasteiger partial charge in [0, 0.05) is 50.7 Å². The van der Waals surface area contributed by atoms with E-state index < -0.39 is 10.0 Å². The van der Waals surface area contributed by atoms with E-state index in [0.717, 1.165) is 11.4 Å². The van der Waals surface area contributed by atoms with Crippen LogP contribution in [0.5, 0.6) is 5.75 Å². The first-order valence-electron chi connectivity index (χ1n) is 8.78. The molecule has 0 radical (unpaired) electrons. The molecule has 0 aromatic carbocycles. The predicted octanol–water partition coefficient (Wildman–Crippen LogP) is -0.000800. The van der Waals surface area contributed by atoms with Gasteiger partial charge >= 0.3 is 0 Å². The second kappa shape index (κ2) is 6.93. The number of pyridine rings is 1. The van der Waals surface area contributed by atoms with Crippen molar-refractivity contribution in [1.29, 1.82) is 0 Å². The first-order chi connectivity index (χ1) is 12.9. The van der Waals surface area contributed by atoms with Crippen LogP contribution >= 0.6 is 0 Å². The highest BCUT2D eigenvalue weighted by Gasteiger charge is 2.30. The van der Waals surface area contributed by atoms with Crippen LogP contribution in [-0.4, -0.2) is 76.8 Å². The van der Waals surface area contributed by atoms with Crippen LogP contribution in [0.15, 0.2) is 30.6 Å². The van der Waals surface area contributed by atoms with Gasteiger partial charge < -0.3 is 9.64 Å². The van der Waals surface area contributed by atoms with E-state index in [0.29, 0.717) is 44.8 Å². The molecular weight excluding hydrogens is 370 g/mol. The Balaban J connectivity index is 1.36. The molecule has 10 heteroatoms. The molecule has 1 atom stereocenters. The average molecular weight is 391 g/mol. The Hall–Kier alpha value is -2.46. The summed E-state index contributed by atoms with van der Waals surface area (Å²) in [7, 11) is -3.21. The van der Waals surface area contributed by atoms with Crippen molar-refractivity contribution in [2.24, 2.45) is 0 Å². The second-order valence-electron chi connectivity index (χ2n) is 6.78. The Morgan fingerprint density at radius 3 is 2.52 bits per heavy atom. The van der Waals surface area contributed by atoms with Crippen LogP contribution in [-0.2, 0) is 23.0 Å². The Kier molecular flexibility index (Phi) is 4.60. The van der Waals surface area contributed by atoms with Gasteiger partial charge in [-0.25, -0.2) is 8.42 Å². The van der Waals surface area contributed by atoms with Crippen LogP contribution in [0.4, 0.5) is 0 Å². The van der Waals surface area contributed by atoms with Crippen molar-refractivity contribution in [2.75, 3.05) is 32.4 Å². The zero-order valence-corrected chi connectivity index (χ0v) is 15.8. The number of amides is 1. The van der Waals surface area contributed by atoms with Gasteiger partial charge in [0.05, 0.1) is 12.8 Å². The molecule has 144 valence electrons. The molecule has 1 saturated heterocycles. The van der Waals surface area contributed by atoms with Crippen LogP contribution < -0.4 is 4.74 Å². The molecule has 2 aliphatic heterocycles. The van der Waals surface area contributed by atoms with Crippen LogP contribution in [0.1, 0.15) is 16.2 Å². The van der Waals surface area contributed by atoms with Gasteiger partial charge in [-0.2, -0.15) is 9.40 Å². The van der Waals surface area contributed by atoms with Crippen molar-refractivity contribution in [3.63, 3.8) is 0 Å². The number of carbonyl (C=O) groups excluding carboxylic acids is 1. The highest BCUT2D eigenvalue weighted by atomic mass is 32.2. The number of aromatic nitrogens is 3. The lowest BCUT2D eigenvalue weighted by Crippen LogP contribution is -2.50. The minimum atomic E-state index is -3.21. The van der Waals surface area contributed by atoms with Crippen LogP contribution in [0.2, 0.25) is 0 Å². The maximum Gasteiger partial charge on any atom is 0.274 e. The van der Waals surface area contributed by atoms with E-state index in [1.54, 1.807) is 23.4 Å². The number of piperazine rings is 1. The summed E-state index contributed by atoms with van der Waals surface area (Å²) >= 11 is 0. The lowest BCUT2D eigenvalue weighted by molar-refractivity contribution is 0.0690. The normalized spacial score (nSPS) is 20.5. The lowest BCUT2D eigenvalue weighted by atomic mass is 10.2. The quantitative estimate of drug-likeness (QED) is 0.728. The molecule has 2 aromatic rings. The molecule has 27 heavy (non-hydrogen) atoms. The molecule has 0 bridgehead atoms. The zero-order valence-electron chi connectivity index (χ0n) is 15.0. The number of rotatable bonds is 4. The summed E-state index contributed by atoms with van der Waals surface area (Å²) in [5.74, 6) is 0.609. The third kappa shape index (κ3) is 3.81. The average Bonchev–Trinajstić information content (AvgIpc) is 3.20. The number of sulfonamides is 1. The molecule has 2 aromatic heterocycles. The van der Waals surface area contributed by atoms with Gasteiger partial charge in [0.1, 0.15) is 11.9 Å². The van der Waals surface area contributed by atoms with E-state index in [2.05, 4.69) is 10.1 Å². The number of nitrogens with zero attached hydrogens (tertiary/aromatic N) is 5. The van der Waals surface area contributed by atoms with Gasteiger partial charge in [-0.15, -0.1) is 0 Å². The van der Waals surface area contributed by atoms with E-state index in [1.165, 1.54) is 10.6 Å². The minimum absolute atomic E-state index is 0.0163. The van der Waals surface area contributed by atoms with Crippen molar-refractivity contribution < 1.29 is 17.9 Å². The van der Waals surface area contributed by atoms with E-state index in [9.17, 15) is 13.2 Å². The highest BCUT2D eigenvalue weighted by molar-refractivity contribution is 7.88. The first kappa shape index (κ1) is 17.9. The molecule has 0 spiro atoms. The molecule has 4 heterocycles. The number of hydrogen-bond donors (Lipinski definition) is 0. The minimum Gasteiger partial charge on any atom is -0.488 e.